The van der Waals surface area contributed by atoms with Crippen molar-refractivity contribution in [2.24, 2.45) is 0 Å². The van der Waals surface area contributed by atoms with E-state index in [1.54, 1.807) is 21.6 Å². The molecule has 3 aromatic carbocycles. The molecule has 0 spiro atoms. The smallest absolute Gasteiger partial charge is 0.266 e. The molecular formula is C31H33N3O3. The quantitative estimate of drug-likeness (QED) is 0.246. The standard InChI is InChI=1S/C31H33N3O3/c1-4-6-22-33(29(35)21-16-24-12-8-7-9-13-24)23(3)30-32-28-15-11-10-14-27(28)31(36)34(30)25-17-19-26(20-18-25)37-5-2/h7-21,23H,4-6,22H2,1-3H3. The number of carbonyl (C=O) groups excluding carboxylic acids is 1. The molecule has 6 heteroatoms. The molecule has 1 aromatic heterocycles. The molecule has 0 aliphatic heterocycles. The van der Waals surface area contributed by atoms with Crippen LogP contribution in [0, 0.1) is 0 Å². The Labute approximate surface area is 217 Å². The van der Waals surface area contributed by atoms with E-state index in [0.29, 0.717) is 35.6 Å². The lowest BCUT2D eigenvalue weighted by Gasteiger charge is -2.30. The Kier molecular flexibility index (Phi) is 8.52. The van der Waals surface area contributed by atoms with Crippen molar-refractivity contribution in [3.63, 3.8) is 0 Å². The van der Waals surface area contributed by atoms with E-state index in [9.17, 15) is 9.59 Å². The predicted octanol–water partition coefficient (Wildman–Crippen LogP) is 6.19. The van der Waals surface area contributed by atoms with Crippen LogP contribution in [0.4, 0.5) is 0 Å². The largest absolute Gasteiger partial charge is 0.494 e. The van der Waals surface area contributed by atoms with Crippen LogP contribution in [-0.4, -0.2) is 33.5 Å². The average Bonchev–Trinajstić information content (AvgIpc) is 2.93. The molecule has 0 bridgehead atoms. The zero-order chi connectivity index (χ0) is 26.2. The SMILES string of the molecule is CCCCN(C(=O)C=Cc1ccccc1)C(C)c1nc2ccccc2c(=O)n1-c1ccc(OCC)cc1. The van der Waals surface area contributed by atoms with Crippen LogP contribution in [0.3, 0.4) is 0 Å². The Morgan fingerprint density at radius 2 is 1.70 bits per heavy atom. The second-order valence-corrected chi connectivity index (χ2v) is 8.86. The molecule has 0 N–H and O–H groups in total. The first-order chi connectivity index (χ1) is 18.0. The number of aromatic nitrogens is 2. The summed E-state index contributed by atoms with van der Waals surface area (Å²) in [5.74, 6) is 1.13. The van der Waals surface area contributed by atoms with Crippen molar-refractivity contribution in [1.29, 1.82) is 0 Å². The number of hydrogen-bond acceptors (Lipinski definition) is 4. The molecule has 1 unspecified atom stereocenters. The van der Waals surface area contributed by atoms with Gasteiger partial charge in [0, 0.05) is 12.6 Å². The Morgan fingerprint density at radius 3 is 2.41 bits per heavy atom. The minimum Gasteiger partial charge on any atom is -0.494 e. The van der Waals surface area contributed by atoms with Gasteiger partial charge in [-0.05, 0) is 68.3 Å². The molecule has 37 heavy (non-hydrogen) atoms. The van der Waals surface area contributed by atoms with Gasteiger partial charge in [-0.25, -0.2) is 4.98 Å². The highest BCUT2D eigenvalue weighted by atomic mass is 16.5. The summed E-state index contributed by atoms with van der Waals surface area (Å²) in [7, 11) is 0. The summed E-state index contributed by atoms with van der Waals surface area (Å²) in [4.78, 5) is 33.9. The summed E-state index contributed by atoms with van der Waals surface area (Å²) >= 11 is 0. The highest BCUT2D eigenvalue weighted by Gasteiger charge is 2.25. The van der Waals surface area contributed by atoms with E-state index >= 15 is 0 Å². The molecule has 4 aromatic rings. The molecule has 1 amide bonds. The zero-order valence-corrected chi connectivity index (χ0v) is 21.6. The van der Waals surface area contributed by atoms with Crippen molar-refractivity contribution in [3.8, 4) is 11.4 Å². The molecule has 0 radical (unpaired) electrons. The molecule has 1 atom stereocenters. The third-order valence-electron chi connectivity index (χ3n) is 6.30. The van der Waals surface area contributed by atoms with Crippen LogP contribution >= 0.6 is 0 Å². The molecule has 0 aliphatic carbocycles. The van der Waals surface area contributed by atoms with Crippen LogP contribution in [0.5, 0.6) is 5.75 Å². The van der Waals surface area contributed by atoms with E-state index in [1.165, 1.54) is 0 Å². The maximum Gasteiger partial charge on any atom is 0.266 e. The van der Waals surface area contributed by atoms with Crippen molar-refractivity contribution in [1.82, 2.24) is 14.5 Å². The monoisotopic (exact) mass is 495 g/mol. The number of benzene rings is 3. The fraction of sp³-hybridized carbons (Fsp3) is 0.258. The minimum atomic E-state index is -0.441. The number of rotatable bonds is 10. The van der Waals surface area contributed by atoms with Gasteiger partial charge in [0.1, 0.15) is 11.6 Å². The van der Waals surface area contributed by atoms with Crippen molar-refractivity contribution < 1.29 is 9.53 Å². The lowest BCUT2D eigenvalue weighted by atomic mass is 10.1. The Morgan fingerprint density at radius 1 is 1.00 bits per heavy atom. The van der Waals surface area contributed by atoms with E-state index in [0.717, 1.165) is 24.2 Å². The first-order valence-corrected chi connectivity index (χ1v) is 12.8. The fourth-order valence-electron chi connectivity index (χ4n) is 4.33. The maximum atomic E-state index is 13.8. The molecule has 0 saturated carbocycles. The van der Waals surface area contributed by atoms with Crippen molar-refractivity contribution in [2.45, 2.75) is 39.7 Å². The number of carbonyl (C=O) groups is 1. The molecule has 0 saturated heterocycles. The molecule has 0 aliphatic rings. The second-order valence-electron chi connectivity index (χ2n) is 8.86. The Hall–Kier alpha value is -4.19. The number of hydrogen-bond donors (Lipinski definition) is 0. The summed E-state index contributed by atoms with van der Waals surface area (Å²) in [6.45, 7) is 7.08. The summed E-state index contributed by atoms with van der Waals surface area (Å²) in [5.41, 5.74) is 2.07. The van der Waals surface area contributed by atoms with Gasteiger partial charge < -0.3 is 9.64 Å². The number of unbranched alkanes of at least 4 members (excludes halogenated alkanes) is 1. The summed E-state index contributed by atoms with van der Waals surface area (Å²) in [5, 5.41) is 0.530. The minimum absolute atomic E-state index is 0.120. The highest BCUT2D eigenvalue weighted by Crippen LogP contribution is 2.25. The van der Waals surface area contributed by atoms with Gasteiger partial charge in [-0.1, -0.05) is 55.8 Å². The third kappa shape index (κ3) is 5.97. The van der Waals surface area contributed by atoms with Crippen LogP contribution < -0.4 is 10.3 Å². The summed E-state index contributed by atoms with van der Waals surface area (Å²) < 4.78 is 7.21. The second kappa shape index (κ2) is 12.2. The lowest BCUT2D eigenvalue weighted by Crippen LogP contribution is -2.37. The number of fused-ring (bicyclic) bond motifs is 1. The van der Waals surface area contributed by atoms with Crippen molar-refractivity contribution in [3.05, 3.63) is 107 Å². The van der Waals surface area contributed by atoms with Crippen LogP contribution in [0.2, 0.25) is 0 Å². The molecular weight excluding hydrogens is 462 g/mol. The number of nitrogens with zero attached hydrogens (tertiary/aromatic N) is 3. The normalized spacial score (nSPS) is 12.1. The number of amides is 1. The van der Waals surface area contributed by atoms with E-state index in [4.69, 9.17) is 9.72 Å². The molecule has 6 nitrogen and oxygen atoms in total. The maximum absolute atomic E-state index is 13.8. The van der Waals surface area contributed by atoms with E-state index in [-0.39, 0.29) is 11.5 Å². The van der Waals surface area contributed by atoms with Gasteiger partial charge in [0.2, 0.25) is 5.91 Å². The molecule has 190 valence electrons. The van der Waals surface area contributed by atoms with Gasteiger partial charge in [-0.3, -0.25) is 14.2 Å². The summed E-state index contributed by atoms with van der Waals surface area (Å²) in [6.07, 6.45) is 5.20. The van der Waals surface area contributed by atoms with Crippen LogP contribution in [0.1, 0.15) is 51.0 Å². The number of para-hydroxylation sites is 1. The fourth-order valence-corrected chi connectivity index (χ4v) is 4.33. The predicted molar refractivity (Wildman–Crippen MR) is 149 cm³/mol. The first kappa shape index (κ1) is 25.9. The van der Waals surface area contributed by atoms with Crippen LogP contribution in [0.25, 0.3) is 22.7 Å². The topological polar surface area (TPSA) is 64.4 Å². The van der Waals surface area contributed by atoms with Gasteiger partial charge in [-0.2, -0.15) is 0 Å². The highest BCUT2D eigenvalue weighted by molar-refractivity contribution is 5.92. The van der Waals surface area contributed by atoms with Gasteiger partial charge >= 0.3 is 0 Å². The van der Waals surface area contributed by atoms with Gasteiger partial charge in [0.15, 0.2) is 0 Å². The van der Waals surface area contributed by atoms with Crippen molar-refractivity contribution in [2.75, 3.05) is 13.2 Å². The summed E-state index contributed by atoms with van der Waals surface area (Å²) in [6, 6.07) is 24.0. The van der Waals surface area contributed by atoms with Crippen LogP contribution in [0.15, 0.2) is 89.7 Å². The molecule has 0 fully saturated rings. The van der Waals surface area contributed by atoms with Gasteiger partial charge in [-0.15, -0.1) is 0 Å². The number of ether oxygens (including phenoxy) is 1. The van der Waals surface area contributed by atoms with Crippen LogP contribution in [-0.2, 0) is 4.79 Å². The van der Waals surface area contributed by atoms with E-state index < -0.39 is 6.04 Å². The first-order valence-electron chi connectivity index (χ1n) is 12.8. The molecule has 4 rings (SSSR count). The average molecular weight is 496 g/mol. The van der Waals surface area contributed by atoms with E-state index in [1.807, 2.05) is 92.7 Å². The third-order valence-corrected chi connectivity index (χ3v) is 6.30. The lowest BCUT2D eigenvalue weighted by molar-refractivity contribution is -0.128. The van der Waals surface area contributed by atoms with Gasteiger partial charge in [0.25, 0.3) is 5.56 Å². The van der Waals surface area contributed by atoms with E-state index in [2.05, 4.69) is 6.92 Å². The zero-order valence-electron chi connectivity index (χ0n) is 21.6. The van der Waals surface area contributed by atoms with Gasteiger partial charge in [0.05, 0.1) is 29.2 Å². The Balaban J connectivity index is 1.80. The Bertz CT molecular complexity index is 1430. The molecule has 1 heterocycles. The van der Waals surface area contributed by atoms with Crippen molar-refractivity contribution >= 4 is 22.9 Å².